The first kappa shape index (κ1) is 48.8. The third-order valence-corrected chi connectivity index (χ3v) is 6.30. The van der Waals surface area contributed by atoms with Gasteiger partial charge in [-0.2, -0.15) is 0 Å². The quantitative estimate of drug-likeness (QED) is 0.122. The van der Waals surface area contributed by atoms with Crippen molar-refractivity contribution < 1.29 is 42.9 Å². The molecule has 3 rings (SSSR count). The Balaban J connectivity index is -0.000000664. The SMILES string of the molecule is C#C.C#C.C#C.C1CCOC1.CC(C)CN(CCCNC(=O)O)C(=O)OC(C)(C)C.Cc1ccc(OCP(=O)(O)Oc2ccccc2)cc1. The molecule has 1 fully saturated rings. The van der Waals surface area contributed by atoms with Crippen LogP contribution in [0.15, 0.2) is 54.6 Å². The van der Waals surface area contributed by atoms with Gasteiger partial charge in [0.25, 0.3) is 0 Å². The van der Waals surface area contributed by atoms with E-state index in [1.54, 1.807) is 47.4 Å². The number of ether oxygens (including phenoxy) is 3. The molecule has 0 saturated carbocycles. The van der Waals surface area contributed by atoms with Crippen molar-refractivity contribution >= 4 is 19.8 Å². The number of nitrogens with zero attached hydrogens (tertiary/aromatic N) is 1. The van der Waals surface area contributed by atoms with Crippen LogP contribution in [0.5, 0.6) is 11.5 Å². The predicted octanol–water partition coefficient (Wildman–Crippen LogP) is 7.68. The van der Waals surface area contributed by atoms with E-state index in [9.17, 15) is 19.0 Å². The second-order valence-corrected chi connectivity index (χ2v) is 13.1. The van der Waals surface area contributed by atoms with Gasteiger partial charge in [0.1, 0.15) is 17.1 Å². The number of nitrogens with one attached hydrogen (secondary N) is 1. The molecule has 1 aliphatic rings. The summed E-state index contributed by atoms with van der Waals surface area (Å²) in [5.41, 5.74) is 0.575. The maximum atomic E-state index is 12.0. The van der Waals surface area contributed by atoms with Gasteiger partial charge in [-0.05, 0) is 77.1 Å². The third-order valence-electron chi connectivity index (χ3n) is 5.35. The zero-order valence-electron chi connectivity index (χ0n) is 29.7. The molecular weight excluding hydrogens is 647 g/mol. The van der Waals surface area contributed by atoms with Crippen LogP contribution in [0.3, 0.4) is 0 Å². The Morgan fingerprint density at radius 2 is 1.47 bits per heavy atom. The van der Waals surface area contributed by atoms with Crippen LogP contribution in [-0.4, -0.2) is 71.9 Å². The lowest BCUT2D eigenvalue weighted by molar-refractivity contribution is 0.0227. The van der Waals surface area contributed by atoms with Crippen LogP contribution in [0.25, 0.3) is 0 Å². The normalized spacial score (nSPS) is 12.2. The number of terminal acetylenes is 3. The van der Waals surface area contributed by atoms with Gasteiger partial charge in [0.2, 0.25) is 0 Å². The number of carboxylic acid groups (broad SMARTS) is 1. The first-order valence-corrected chi connectivity index (χ1v) is 17.2. The van der Waals surface area contributed by atoms with Gasteiger partial charge in [-0.3, -0.25) is 0 Å². The van der Waals surface area contributed by atoms with Crippen LogP contribution in [-0.2, 0) is 14.0 Å². The van der Waals surface area contributed by atoms with Crippen LogP contribution < -0.4 is 14.6 Å². The number of benzene rings is 2. The third kappa shape index (κ3) is 30.5. The number of aryl methyl sites for hydroxylation is 1. The number of hydrogen-bond donors (Lipinski definition) is 3. The van der Waals surface area contributed by atoms with Crippen molar-refractivity contribution in [2.75, 3.05) is 39.2 Å². The molecule has 3 N–H and O–H groups in total. The standard InChI is InChI=1S/C14H15O4P.C13H26N2O4.C4H8O.3C2H2/c1-12-7-9-13(10-8-12)17-11-19(15,16)18-14-5-3-2-4-6-14;1-10(2)9-15(8-6-7-14-11(16)17)12(18)19-13(3,4)5;1-2-4-5-3-1;3*1-2/h2-10H,11H2,1H3,(H,15,16);10,14H,6-9H2,1-5H3,(H,16,17);1-4H2;3*1-2H. The van der Waals surface area contributed by atoms with E-state index in [-0.39, 0.29) is 12.4 Å². The van der Waals surface area contributed by atoms with Crippen LogP contribution >= 0.6 is 7.60 Å². The summed E-state index contributed by atoms with van der Waals surface area (Å²) < 4.78 is 32.4. The van der Waals surface area contributed by atoms with E-state index in [0.29, 0.717) is 43.5 Å². The molecule has 0 aromatic heterocycles. The first-order valence-electron chi connectivity index (χ1n) is 15.5. The molecule has 1 saturated heterocycles. The molecule has 0 aliphatic carbocycles. The summed E-state index contributed by atoms with van der Waals surface area (Å²) in [6, 6.07) is 15.7. The molecule has 0 radical (unpaired) electrons. The first-order chi connectivity index (χ1) is 23.2. The molecule has 1 atom stereocenters. The van der Waals surface area contributed by atoms with Crippen molar-refractivity contribution in [3.05, 3.63) is 60.2 Å². The van der Waals surface area contributed by atoms with Crippen LogP contribution in [0.1, 0.15) is 59.4 Å². The smallest absolute Gasteiger partial charge is 0.413 e. The minimum absolute atomic E-state index is 0.326. The molecule has 2 aromatic carbocycles. The van der Waals surface area contributed by atoms with E-state index in [0.717, 1.165) is 18.8 Å². The van der Waals surface area contributed by atoms with Crippen LogP contribution in [0.4, 0.5) is 9.59 Å². The Bertz CT molecular complexity index is 1210. The van der Waals surface area contributed by atoms with Crippen molar-refractivity contribution in [3.63, 3.8) is 0 Å². The van der Waals surface area contributed by atoms with E-state index < -0.39 is 19.3 Å². The molecule has 1 aliphatic heterocycles. The molecule has 0 spiro atoms. The van der Waals surface area contributed by atoms with Gasteiger partial charge in [-0.15, -0.1) is 38.5 Å². The van der Waals surface area contributed by atoms with Gasteiger partial charge in [0.05, 0.1) is 0 Å². The Morgan fingerprint density at radius 3 is 1.90 bits per heavy atom. The van der Waals surface area contributed by atoms with Crippen molar-refractivity contribution in [2.45, 2.75) is 66.4 Å². The highest BCUT2D eigenvalue weighted by Gasteiger charge is 2.23. The van der Waals surface area contributed by atoms with Gasteiger partial charge in [0, 0.05) is 32.8 Å². The lowest BCUT2D eigenvalue weighted by Gasteiger charge is -2.28. The lowest BCUT2D eigenvalue weighted by atomic mass is 10.2. The van der Waals surface area contributed by atoms with Crippen LogP contribution in [0.2, 0.25) is 0 Å². The van der Waals surface area contributed by atoms with Crippen molar-refractivity contribution in [2.24, 2.45) is 5.92 Å². The molecule has 2 aromatic rings. The summed E-state index contributed by atoms with van der Waals surface area (Å²) >= 11 is 0. The molecule has 1 unspecified atom stereocenters. The number of rotatable bonds is 11. The van der Waals surface area contributed by atoms with Gasteiger partial charge < -0.3 is 39.0 Å². The van der Waals surface area contributed by atoms with E-state index in [1.807, 2.05) is 53.7 Å². The van der Waals surface area contributed by atoms with Crippen molar-refractivity contribution in [1.82, 2.24) is 10.2 Å². The van der Waals surface area contributed by atoms with E-state index in [2.05, 4.69) is 43.9 Å². The van der Waals surface area contributed by atoms with E-state index in [4.69, 9.17) is 23.8 Å². The number of carbonyl (C=O) groups excluding carboxylic acids is 1. The molecule has 49 heavy (non-hydrogen) atoms. The van der Waals surface area contributed by atoms with Crippen molar-refractivity contribution in [3.8, 4) is 50.0 Å². The molecule has 1 heterocycles. The minimum Gasteiger partial charge on any atom is -0.480 e. The highest BCUT2D eigenvalue weighted by molar-refractivity contribution is 7.53. The highest BCUT2D eigenvalue weighted by atomic mass is 31.2. The van der Waals surface area contributed by atoms with Crippen molar-refractivity contribution in [1.29, 1.82) is 0 Å². The largest absolute Gasteiger partial charge is 0.480 e. The number of carbonyl (C=O) groups is 2. The lowest BCUT2D eigenvalue weighted by Crippen LogP contribution is -2.40. The van der Waals surface area contributed by atoms with Gasteiger partial charge in [0.15, 0.2) is 6.35 Å². The average molecular weight is 703 g/mol. The molecule has 0 bridgehead atoms. The zero-order valence-corrected chi connectivity index (χ0v) is 30.6. The average Bonchev–Trinajstić information content (AvgIpc) is 3.65. The summed E-state index contributed by atoms with van der Waals surface area (Å²) in [4.78, 5) is 33.6. The van der Waals surface area contributed by atoms with Gasteiger partial charge >= 0.3 is 19.8 Å². The van der Waals surface area contributed by atoms with Gasteiger partial charge in [-0.1, -0.05) is 49.7 Å². The Kier molecular flexibility index (Phi) is 29.4. The maximum Gasteiger partial charge on any atom is 0.413 e. The number of hydrogen-bond acceptors (Lipinski definition) is 7. The summed E-state index contributed by atoms with van der Waals surface area (Å²) in [6.45, 7) is 14.9. The fraction of sp³-hybridized carbons (Fsp3) is 0.459. The number of amides is 2. The zero-order chi connectivity index (χ0) is 38.3. The van der Waals surface area contributed by atoms with Crippen LogP contribution in [0, 0.1) is 51.4 Å². The Morgan fingerprint density at radius 1 is 0.939 bits per heavy atom. The molecule has 11 nitrogen and oxygen atoms in total. The van der Waals surface area contributed by atoms with Gasteiger partial charge in [-0.25, -0.2) is 14.2 Å². The second-order valence-electron chi connectivity index (χ2n) is 11.4. The van der Waals surface area contributed by atoms with E-state index in [1.165, 1.54) is 12.8 Å². The Hall–Kier alpha value is -4.59. The maximum absolute atomic E-state index is 12.0. The molecule has 272 valence electrons. The fourth-order valence-electron chi connectivity index (χ4n) is 3.46. The second kappa shape index (κ2) is 29.5. The molecule has 12 heteroatoms. The summed E-state index contributed by atoms with van der Waals surface area (Å²) in [5.74, 6) is 1.22. The highest BCUT2D eigenvalue weighted by Crippen LogP contribution is 2.42. The molecule has 2 amide bonds. The topological polar surface area (TPSA) is 144 Å². The summed E-state index contributed by atoms with van der Waals surface area (Å²) in [6.07, 6.45) is 25.3. The predicted molar refractivity (Wildman–Crippen MR) is 197 cm³/mol. The molecular formula is C37H55N2O9P. The monoisotopic (exact) mass is 702 g/mol. The summed E-state index contributed by atoms with van der Waals surface area (Å²) in [5, 5.41) is 10.7. The van der Waals surface area contributed by atoms with E-state index >= 15 is 0 Å². The fourth-order valence-corrected chi connectivity index (χ4v) is 4.28. The Labute approximate surface area is 294 Å². The summed E-state index contributed by atoms with van der Waals surface area (Å²) in [7, 11) is -3.81. The minimum atomic E-state index is -3.81. The number of para-hydroxylation sites is 1.